The van der Waals surface area contributed by atoms with Crippen molar-refractivity contribution >= 4 is 11.8 Å². The Morgan fingerprint density at radius 1 is 1.22 bits per heavy atom. The predicted molar refractivity (Wildman–Crippen MR) is 68.2 cm³/mol. The van der Waals surface area contributed by atoms with Gasteiger partial charge in [0.1, 0.15) is 5.82 Å². The van der Waals surface area contributed by atoms with Crippen molar-refractivity contribution in [3.8, 4) is 11.1 Å². The van der Waals surface area contributed by atoms with Crippen molar-refractivity contribution in [1.82, 2.24) is 0 Å². The smallest absolute Gasteiger partial charge is 0.409 e. The molecule has 0 aliphatic rings. The fraction of sp³-hybridized carbons (Fsp3) is 0.0714. The third kappa shape index (κ3) is 2.48. The van der Waals surface area contributed by atoms with Gasteiger partial charge in [-0.15, -0.1) is 0 Å². The van der Waals surface area contributed by atoms with Crippen LogP contribution in [0.25, 0.3) is 11.1 Å². The molecule has 0 heterocycles. The normalized spacial score (nSPS) is 10.1. The zero-order chi connectivity index (χ0) is 13.1. The van der Waals surface area contributed by atoms with E-state index in [0.29, 0.717) is 16.8 Å². The molecule has 92 valence electrons. The molecule has 2 rings (SSSR count). The van der Waals surface area contributed by atoms with E-state index in [1.165, 1.54) is 12.1 Å². The Morgan fingerprint density at radius 3 is 2.61 bits per heavy atom. The van der Waals surface area contributed by atoms with Crippen molar-refractivity contribution in [3.63, 3.8) is 0 Å². The molecule has 0 atom stereocenters. The summed E-state index contributed by atoms with van der Waals surface area (Å²) < 4.78 is 13.2. The Kier molecular flexibility index (Phi) is 3.28. The first-order valence-electron chi connectivity index (χ1n) is 5.43. The van der Waals surface area contributed by atoms with Gasteiger partial charge in [0, 0.05) is 5.56 Å². The molecule has 0 spiro atoms. The van der Waals surface area contributed by atoms with Crippen molar-refractivity contribution in [2.75, 3.05) is 5.32 Å². The quantitative estimate of drug-likeness (QED) is 0.843. The number of para-hydroxylation sites is 1. The highest BCUT2D eigenvalue weighted by molar-refractivity contribution is 5.92. The molecule has 1 amide bonds. The topological polar surface area (TPSA) is 49.3 Å². The Morgan fingerprint density at radius 2 is 1.94 bits per heavy atom. The van der Waals surface area contributed by atoms with Gasteiger partial charge in [-0.25, -0.2) is 9.18 Å². The molecule has 2 aromatic rings. The summed E-state index contributed by atoms with van der Waals surface area (Å²) in [5.74, 6) is -0.352. The number of anilines is 1. The van der Waals surface area contributed by atoms with Crippen LogP contribution in [0, 0.1) is 12.7 Å². The molecule has 2 N–H and O–H groups in total. The molecule has 4 heteroatoms. The van der Waals surface area contributed by atoms with Crippen LogP contribution in [0.1, 0.15) is 5.56 Å². The minimum atomic E-state index is -1.14. The molecule has 0 aromatic heterocycles. The Labute approximate surface area is 104 Å². The molecular formula is C14H12FNO2. The van der Waals surface area contributed by atoms with Crippen molar-refractivity contribution in [3.05, 3.63) is 53.8 Å². The summed E-state index contributed by atoms with van der Waals surface area (Å²) in [6, 6.07) is 11.4. The molecule has 0 aliphatic carbocycles. The summed E-state index contributed by atoms with van der Waals surface area (Å²) in [4.78, 5) is 10.8. The third-order valence-corrected chi connectivity index (χ3v) is 2.64. The summed E-state index contributed by atoms with van der Waals surface area (Å²) in [6.45, 7) is 1.80. The highest BCUT2D eigenvalue weighted by Gasteiger charge is 2.10. The van der Waals surface area contributed by atoms with Crippen LogP contribution in [0.3, 0.4) is 0 Å². The van der Waals surface area contributed by atoms with E-state index >= 15 is 0 Å². The monoisotopic (exact) mass is 245 g/mol. The van der Waals surface area contributed by atoms with Gasteiger partial charge in [-0.1, -0.05) is 30.3 Å². The lowest BCUT2D eigenvalue weighted by molar-refractivity contribution is 0.209. The first-order valence-corrected chi connectivity index (χ1v) is 5.43. The predicted octanol–water partition coefficient (Wildman–Crippen LogP) is 3.89. The van der Waals surface area contributed by atoms with Gasteiger partial charge < -0.3 is 5.11 Å². The van der Waals surface area contributed by atoms with Gasteiger partial charge >= 0.3 is 6.09 Å². The fourth-order valence-corrected chi connectivity index (χ4v) is 1.84. The van der Waals surface area contributed by atoms with E-state index in [1.54, 1.807) is 31.2 Å². The number of rotatable bonds is 2. The maximum atomic E-state index is 13.2. The lowest BCUT2D eigenvalue weighted by Gasteiger charge is -2.12. The minimum absolute atomic E-state index is 0.352. The molecule has 0 radical (unpaired) electrons. The maximum Gasteiger partial charge on any atom is 0.409 e. The highest BCUT2D eigenvalue weighted by atomic mass is 19.1. The van der Waals surface area contributed by atoms with Gasteiger partial charge in [0.05, 0.1) is 5.69 Å². The lowest BCUT2D eigenvalue weighted by Crippen LogP contribution is -2.09. The van der Waals surface area contributed by atoms with E-state index in [-0.39, 0.29) is 5.82 Å². The van der Waals surface area contributed by atoms with Gasteiger partial charge in [0.2, 0.25) is 0 Å². The largest absolute Gasteiger partial charge is 0.465 e. The van der Waals surface area contributed by atoms with Gasteiger partial charge in [-0.05, 0) is 30.2 Å². The second-order valence-corrected chi connectivity index (χ2v) is 3.94. The van der Waals surface area contributed by atoms with Crippen LogP contribution >= 0.6 is 0 Å². The summed E-state index contributed by atoms with van der Waals surface area (Å²) in [5, 5.41) is 11.2. The fourth-order valence-electron chi connectivity index (χ4n) is 1.84. The summed E-state index contributed by atoms with van der Waals surface area (Å²) in [5.41, 5.74) is 2.58. The average molecular weight is 245 g/mol. The Hall–Kier alpha value is -2.36. The Bertz CT molecular complexity index is 596. The van der Waals surface area contributed by atoms with Crippen molar-refractivity contribution in [2.24, 2.45) is 0 Å². The van der Waals surface area contributed by atoms with E-state index in [0.717, 1.165) is 5.56 Å². The molecular weight excluding hydrogens is 233 g/mol. The number of benzene rings is 2. The summed E-state index contributed by atoms with van der Waals surface area (Å²) in [7, 11) is 0. The van der Waals surface area contributed by atoms with E-state index in [4.69, 9.17) is 5.11 Å². The van der Waals surface area contributed by atoms with Crippen LogP contribution in [0.2, 0.25) is 0 Å². The van der Waals surface area contributed by atoms with E-state index < -0.39 is 6.09 Å². The van der Waals surface area contributed by atoms with Crippen molar-refractivity contribution < 1.29 is 14.3 Å². The van der Waals surface area contributed by atoms with Crippen LogP contribution in [0.4, 0.5) is 14.9 Å². The second kappa shape index (κ2) is 4.87. The molecule has 18 heavy (non-hydrogen) atoms. The second-order valence-electron chi connectivity index (χ2n) is 3.94. The number of hydrogen-bond donors (Lipinski definition) is 2. The van der Waals surface area contributed by atoms with E-state index in [1.807, 2.05) is 6.07 Å². The van der Waals surface area contributed by atoms with Crippen LogP contribution in [-0.4, -0.2) is 11.2 Å². The van der Waals surface area contributed by atoms with Crippen molar-refractivity contribution in [2.45, 2.75) is 6.92 Å². The van der Waals surface area contributed by atoms with Gasteiger partial charge in [-0.3, -0.25) is 5.32 Å². The van der Waals surface area contributed by atoms with E-state index in [2.05, 4.69) is 5.32 Å². The number of amides is 1. The molecule has 0 saturated heterocycles. The first kappa shape index (κ1) is 12.1. The summed E-state index contributed by atoms with van der Waals surface area (Å²) in [6.07, 6.45) is -1.14. The average Bonchev–Trinajstić information content (AvgIpc) is 2.31. The summed E-state index contributed by atoms with van der Waals surface area (Å²) >= 11 is 0. The van der Waals surface area contributed by atoms with Gasteiger partial charge in [0.15, 0.2) is 0 Å². The number of halogens is 1. The highest BCUT2D eigenvalue weighted by Crippen LogP contribution is 2.31. The minimum Gasteiger partial charge on any atom is -0.465 e. The SMILES string of the molecule is Cc1cccc(-c2cccc(F)c2)c1NC(=O)O. The maximum absolute atomic E-state index is 13.2. The lowest BCUT2D eigenvalue weighted by atomic mass is 10.0. The zero-order valence-corrected chi connectivity index (χ0v) is 9.77. The number of carbonyl (C=O) groups is 1. The number of hydrogen-bond acceptors (Lipinski definition) is 1. The zero-order valence-electron chi connectivity index (χ0n) is 9.77. The molecule has 0 aliphatic heterocycles. The third-order valence-electron chi connectivity index (χ3n) is 2.64. The van der Waals surface area contributed by atoms with E-state index in [9.17, 15) is 9.18 Å². The van der Waals surface area contributed by atoms with Gasteiger partial charge in [-0.2, -0.15) is 0 Å². The number of nitrogens with one attached hydrogen (secondary N) is 1. The van der Waals surface area contributed by atoms with Crippen LogP contribution in [0.5, 0.6) is 0 Å². The molecule has 0 saturated carbocycles. The molecule has 3 nitrogen and oxygen atoms in total. The molecule has 0 unspecified atom stereocenters. The molecule has 0 bridgehead atoms. The molecule has 2 aromatic carbocycles. The van der Waals surface area contributed by atoms with Crippen LogP contribution < -0.4 is 5.32 Å². The number of carboxylic acid groups (broad SMARTS) is 1. The van der Waals surface area contributed by atoms with Crippen LogP contribution in [0.15, 0.2) is 42.5 Å². The first-order chi connectivity index (χ1) is 8.58. The van der Waals surface area contributed by atoms with Crippen LogP contribution in [-0.2, 0) is 0 Å². The standard InChI is InChI=1S/C14H12FNO2/c1-9-4-2-7-12(13(9)16-14(17)18)10-5-3-6-11(15)8-10/h2-8,16H,1H3,(H,17,18). The van der Waals surface area contributed by atoms with Crippen molar-refractivity contribution in [1.29, 1.82) is 0 Å². The van der Waals surface area contributed by atoms with Gasteiger partial charge in [0.25, 0.3) is 0 Å². The Balaban J connectivity index is 2.56. The number of aryl methyl sites for hydroxylation is 1. The molecule has 0 fully saturated rings.